The standard InChI is InChI=1S/C20H20N4OS/c1-2-24(15-16-8-4-3-5-9-16)20(25)23-17-11-13-22-19(14-17)26-18-10-6-7-12-21-18/h3-14H,2,15H2,1H3,(H,22,23,25). The smallest absolute Gasteiger partial charge is 0.320 e. The SMILES string of the molecule is CCN(Cc1ccccc1)C(=O)Nc1ccnc(Sc2ccccn2)c1. The molecule has 2 amide bonds. The van der Waals surface area contributed by atoms with Crippen molar-refractivity contribution in [3.05, 3.63) is 78.6 Å². The summed E-state index contributed by atoms with van der Waals surface area (Å²) in [5.74, 6) is 0. The van der Waals surface area contributed by atoms with Crippen LogP contribution in [-0.4, -0.2) is 27.4 Å². The van der Waals surface area contributed by atoms with Gasteiger partial charge in [-0.3, -0.25) is 0 Å². The number of urea groups is 1. The highest BCUT2D eigenvalue weighted by Crippen LogP contribution is 2.25. The van der Waals surface area contributed by atoms with E-state index in [-0.39, 0.29) is 6.03 Å². The van der Waals surface area contributed by atoms with E-state index in [9.17, 15) is 4.79 Å². The summed E-state index contributed by atoms with van der Waals surface area (Å²) in [7, 11) is 0. The lowest BCUT2D eigenvalue weighted by Gasteiger charge is -2.21. The lowest BCUT2D eigenvalue weighted by Crippen LogP contribution is -2.34. The molecule has 0 fully saturated rings. The van der Waals surface area contributed by atoms with Gasteiger partial charge in [0, 0.05) is 31.2 Å². The maximum Gasteiger partial charge on any atom is 0.322 e. The fraction of sp³-hybridized carbons (Fsp3) is 0.150. The zero-order valence-corrected chi connectivity index (χ0v) is 15.3. The van der Waals surface area contributed by atoms with Gasteiger partial charge in [0.15, 0.2) is 0 Å². The highest BCUT2D eigenvalue weighted by atomic mass is 32.2. The Labute approximate surface area is 157 Å². The van der Waals surface area contributed by atoms with Gasteiger partial charge < -0.3 is 10.2 Å². The molecule has 2 aromatic heterocycles. The molecule has 0 aliphatic heterocycles. The van der Waals surface area contributed by atoms with Crippen LogP contribution in [0.3, 0.4) is 0 Å². The average Bonchev–Trinajstić information content (AvgIpc) is 2.68. The van der Waals surface area contributed by atoms with Crippen LogP contribution in [0, 0.1) is 0 Å². The third-order valence-electron chi connectivity index (χ3n) is 3.72. The Hall–Kier alpha value is -2.86. The van der Waals surface area contributed by atoms with Gasteiger partial charge in [0.05, 0.1) is 0 Å². The zero-order chi connectivity index (χ0) is 18.2. The molecule has 0 atom stereocenters. The number of nitrogens with one attached hydrogen (secondary N) is 1. The number of aromatic nitrogens is 2. The molecule has 1 aromatic carbocycles. The molecule has 0 saturated carbocycles. The van der Waals surface area contributed by atoms with Crippen molar-refractivity contribution in [3.8, 4) is 0 Å². The average molecular weight is 364 g/mol. The maximum absolute atomic E-state index is 12.6. The molecule has 0 spiro atoms. The number of carbonyl (C=O) groups is 1. The molecule has 3 rings (SSSR count). The van der Waals surface area contributed by atoms with Crippen molar-refractivity contribution in [1.29, 1.82) is 0 Å². The van der Waals surface area contributed by atoms with E-state index >= 15 is 0 Å². The fourth-order valence-corrected chi connectivity index (χ4v) is 3.17. The van der Waals surface area contributed by atoms with Gasteiger partial charge in [-0.05, 0) is 36.8 Å². The van der Waals surface area contributed by atoms with Crippen molar-refractivity contribution in [2.45, 2.75) is 23.5 Å². The first-order valence-electron chi connectivity index (χ1n) is 8.39. The van der Waals surface area contributed by atoms with Crippen molar-refractivity contribution < 1.29 is 4.79 Å². The molecule has 0 aliphatic carbocycles. The highest BCUT2D eigenvalue weighted by Gasteiger charge is 2.12. The van der Waals surface area contributed by atoms with Gasteiger partial charge in [-0.2, -0.15) is 0 Å². The molecule has 0 saturated heterocycles. The van der Waals surface area contributed by atoms with Crippen LogP contribution in [0.25, 0.3) is 0 Å². The lowest BCUT2D eigenvalue weighted by molar-refractivity contribution is 0.212. The van der Waals surface area contributed by atoms with Gasteiger partial charge >= 0.3 is 6.03 Å². The Morgan fingerprint density at radius 1 is 1.00 bits per heavy atom. The number of anilines is 1. The summed E-state index contributed by atoms with van der Waals surface area (Å²) in [6, 6.07) is 19.2. The minimum atomic E-state index is -0.128. The number of pyridine rings is 2. The van der Waals surface area contributed by atoms with E-state index in [0.29, 0.717) is 13.1 Å². The Bertz CT molecular complexity index is 843. The van der Waals surface area contributed by atoms with Crippen molar-refractivity contribution in [2.24, 2.45) is 0 Å². The second kappa shape index (κ2) is 9.01. The first-order chi connectivity index (χ1) is 12.7. The van der Waals surface area contributed by atoms with Crippen LogP contribution in [-0.2, 0) is 6.54 Å². The number of hydrogen-bond donors (Lipinski definition) is 1. The molecule has 0 bridgehead atoms. The number of amides is 2. The fourth-order valence-electron chi connectivity index (χ4n) is 2.39. The van der Waals surface area contributed by atoms with E-state index in [2.05, 4.69) is 15.3 Å². The van der Waals surface area contributed by atoms with Crippen LogP contribution in [0.15, 0.2) is 83.1 Å². The summed E-state index contributed by atoms with van der Waals surface area (Å²) in [6.07, 6.45) is 3.44. The van der Waals surface area contributed by atoms with E-state index in [4.69, 9.17) is 0 Å². The number of benzene rings is 1. The Kier molecular flexibility index (Phi) is 6.22. The predicted octanol–water partition coefficient (Wildman–Crippen LogP) is 4.68. The topological polar surface area (TPSA) is 58.1 Å². The van der Waals surface area contributed by atoms with Crippen LogP contribution < -0.4 is 5.32 Å². The lowest BCUT2D eigenvalue weighted by atomic mass is 10.2. The minimum absolute atomic E-state index is 0.128. The molecule has 2 heterocycles. The minimum Gasteiger partial charge on any atom is -0.320 e. The number of rotatable bonds is 6. The second-order valence-corrected chi connectivity index (χ2v) is 6.62. The maximum atomic E-state index is 12.6. The summed E-state index contributed by atoms with van der Waals surface area (Å²) in [5, 5.41) is 4.60. The van der Waals surface area contributed by atoms with Gasteiger partial charge in [0.25, 0.3) is 0 Å². The molecule has 0 aliphatic rings. The molecular formula is C20H20N4OS. The van der Waals surface area contributed by atoms with Gasteiger partial charge in [-0.15, -0.1) is 0 Å². The van der Waals surface area contributed by atoms with Gasteiger partial charge in [0.1, 0.15) is 10.1 Å². The summed E-state index contributed by atoms with van der Waals surface area (Å²) in [5.41, 5.74) is 1.82. The Balaban J connectivity index is 1.65. The van der Waals surface area contributed by atoms with Crippen molar-refractivity contribution in [3.63, 3.8) is 0 Å². The molecule has 3 aromatic rings. The third kappa shape index (κ3) is 5.07. The normalized spacial score (nSPS) is 10.3. The molecule has 5 nitrogen and oxygen atoms in total. The molecule has 0 radical (unpaired) electrons. The Morgan fingerprint density at radius 2 is 1.77 bits per heavy atom. The molecule has 0 unspecified atom stereocenters. The number of hydrogen-bond acceptors (Lipinski definition) is 4. The largest absolute Gasteiger partial charge is 0.322 e. The monoisotopic (exact) mass is 364 g/mol. The van der Waals surface area contributed by atoms with Crippen molar-refractivity contribution in [1.82, 2.24) is 14.9 Å². The van der Waals surface area contributed by atoms with E-state index in [1.54, 1.807) is 23.4 Å². The van der Waals surface area contributed by atoms with Crippen LogP contribution in [0.2, 0.25) is 0 Å². The molecule has 132 valence electrons. The van der Waals surface area contributed by atoms with E-state index < -0.39 is 0 Å². The highest BCUT2D eigenvalue weighted by molar-refractivity contribution is 7.99. The first kappa shape index (κ1) is 17.9. The number of carbonyl (C=O) groups excluding carboxylic acids is 1. The Morgan fingerprint density at radius 3 is 2.50 bits per heavy atom. The summed E-state index contributed by atoms with van der Waals surface area (Å²) >= 11 is 1.46. The van der Waals surface area contributed by atoms with Crippen LogP contribution in [0.4, 0.5) is 10.5 Å². The molecule has 26 heavy (non-hydrogen) atoms. The van der Waals surface area contributed by atoms with Crippen LogP contribution in [0.1, 0.15) is 12.5 Å². The second-order valence-electron chi connectivity index (χ2n) is 5.58. The zero-order valence-electron chi connectivity index (χ0n) is 14.5. The number of nitrogens with zero attached hydrogens (tertiary/aromatic N) is 3. The molecular weight excluding hydrogens is 344 g/mol. The van der Waals surface area contributed by atoms with Gasteiger partial charge in [-0.25, -0.2) is 14.8 Å². The van der Waals surface area contributed by atoms with Crippen molar-refractivity contribution >= 4 is 23.5 Å². The van der Waals surface area contributed by atoms with Crippen molar-refractivity contribution in [2.75, 3.05) is 11.9 Å². The third-order valence-corrected chi connectivity index (χ3v) is 4.60. The van der Waals surface area contributed by atoms with Gasteiger partial charge in [-0.1, -0.05) is 48.2 Å². The molecule has 6 heteroatoms. The molecule has 1 N–H and O–H groups in total. The van der Waals surface area contributed by atoms with Gasteiger partial charge in [0.2, 0.25) is 0 Å². The summed E-state index contributed by atoms with van der Waals surface area (Å²) in [4.78, 5) is 23.0. The quantitative estimate of drug-likeness (QED) is 0.690. The van der Waals surface area contributed by atoms with E-state index in [0.717, 1.165) is 21.3 Å². The van der Waals surface area contributed by atoms with Crippen LogP contribution >= 0.6 is 11.8 Å². The van der Waals surface area contributed by atoms with Crippen LogP contribution in [0.5, 0.6) is 0 Å². The van der Waals surface area contributed by atoms with E-state index in [1.807, 2.05) is 61.5 Å². The summed E-state index contributed by atoms with van der Waals surface area (Å²) in [6.45, 7) is 3.17. The summed E-state index contributed by atoms with van der Waals surface area (Å²) < 4.78 is 0. The van der Waals surface area contributed by atoms with E-state index in [1.165, 1.54) is 11.8 Å². The predicted molar refractivity (Wildman–Crippen MR) is 104 cm³/mol. The first-order valence-corrected chi connectivity index (χ1v) is 9.21.